The van der Waals surface area contributed by atoms with Crippen molar-refractivity contribution in [3.05, 3.63) is 29.6 Å². The Balaban J connectivity index is 2.33. The van der Waals surface area contributed by atoms with Crippen LogP contribution in [0.25, 0.3) is 0 Å². The van der Waals surface area contributed by atoms with Gasteiger partial charge in [0.15, 0.2) is 4.90 Å². The molecular weight excluding hydrogens is 315 g/mol. The van der Waals surface area contributed by atoms with Crippen LogP contribution in [0, 0.1) is 22.9 Å². The average Bonchev–Trinajstić information content (AvgIpc) is 2.26. The monoisotopic (exact) mass is 327 g/mol. The van der Waals surface area contributed by atoms with Crippen molar-refractivity contribution in [1.82, 2.24) is 4.72 Å². The fourth-order valence-electron chi connectivity index (χ4n) is 2.10. The van der Waals surface area contributed by atoms with Crippen LogP contribution in [0.5, 0.6) is 0 Å². The van der Waals surface area contributed by atoms with Gasteiger partial charge in [-0.1, -0.05) is 13.8 Å². The zero-order valence-corrected chi connectivity index (χ0v) is 12.3. The van der Waals surface area contributed by atoms with Gasteiger partial charge in [-0.15, -0.1) is 11.6 Å². The Morgan fingerprint density at radius 2 is 1.75 bits per heavy atom. The van der Waals surface area contributed by atoms with Crippen LogP contribution < -0.4 is 4.72 Å². The molecule has 1 saturated carbocycles. The van der Waals surface area contributed by atoms with Crippen molar-refractivity contribution < 1.29 is 21.6 Å². The van der Waals surface area contributed by atoms with Gasteiger partial charge in [-0.25, -0.2) is 26.3 Å². The summed E-state index contributed by atoms with van der Waals surface area (Å²) in [5, 5.41) is -0.224. The minimum Gasteiger partial charge on any atom is -0.207 e. The summed E-state index contributed by atoms with van der Waals surface area (Å²) in [5.41, 5.74) is -0.526. The molecule has 112 valence electrons. The second kappa shape index (κ2) is 4.89. The van der Waals surface area contributed by atoms with Gasteiger partial charge < -0.3 is 0 Å². The fourth-order valence-corrected chi connectivity index (χ4v) is 3.96. The predicted molar refractivity (Wildman–Crippen MR) is 68.5 cm³/mol. The van der Waals surface area contributed by atoms with Crippen molar-refractivity contribution in [2.45, 2.75) is 36.6 Å². The molecule has 0 aromatic heterocycles. The molecule has 1 aliphatic carbocycles. The van der Waals surface area contributed by atoms with Crippen LogP contribution in [-0.2, 0) is 10.0 Å². The molecule has 0 spiro atoms. The third-order valence-electron chi connectivity index (χ3n) is 3.68. The van der Waals surface area contributed by atoms with E-state index in [4.69, 9.17) is 11.6 Å². The highest BCUT2D eigenvalue weighted by Crippen LogP contribution is 2.45. The predicted octanol–water partition coefficient (Wildman–Crippen LogP) is 2.79. The summed E-state index contributed by atoms with van der Waals surface area (Å²) < 4.78 is 66.1. The van der Waals surface area contributed by atoms with Crippen molar-refractivity contribution in [3.8, 4) is 0 Å². The first-order valence-corrected chi connectivity index (χ1v) is 7.78. The molecule has 1 aliphatic rings. The molecule has 0 heterocycles. The highest BCUT2D eigenvalue weighted by molar-refractivity contribution is 7.89. The average molecular weight is 328 g/mol. The zero-order valence-electron chi connectivity index (χ0n) is 10.8. The van der Waals surface area contributed by atoms with Crippen LogP contribution in [0.2, 0.25) is 0 Å². The zero-order chi connectivity index (χ0) is 15.3. The van der Waals surface area contributed by atoms with Crippen molar-refractivity contribution in [3.63, 3.8) is 0 Å². The SMILES string of the molecule is CC1(C)C(Cl)CC1NS(=O)(=O)c1c(F)cc(F)cc1F. The quantitative estimate of drug-likeness (QED) is 0.868. The number of rotatable bonds is 3. The lowest BCUT2D eigenvalue weighted by Gasteiger charge is -2.48. The van der Waals surface area contributed by atoms with Crippen LogP contribution in [0.1, 0.15) is 20.3 Å². The van der Waals surface area contributed by atoms with Crippen LogP contribution in [0.3, 0.4) is 0 Å². The number of alkyl halides is 1. The van der Waals surface area contributed by atoms with Gasteiger partial charge in [0.05, 0.1) is 0 Å². The number of hydrogen-bond acceptors (Lipinski definition) is 2. The molecule has 2 unspecified atom stereocenters. The summed E-state index contributed by atoms with van der Waals surface area (Å²) >= 11 is 5.96. The fraction of sp³-hybridized carbons (Fsp3) is 0.500. The maximum absolute atomic E-state index is 13.5. The summed E-state index contributed by atoms with van der Waals surface area (Å²) in [7, 11) is -4.42. The molecule has 3 nitrogen and oxygen atoms in total. The van der Waals surface area contributed by atoms with Gasteiger partial charge in [-0.3, -0.25) is 0 Å². The van der Waals surface area contributed by atoms with Crippen LogP contribution in [0.4, 0.5) is 13.2 Å². The van der Waals surface area contributed by atoms with Gasteiger partial charge in [0.25, 0.3) is 0 Å². The minimum absolute atomic E-state index is 0.224. The van der Waals surface area contributed by atoms with Gasteiger partial charge >= 0.3 is 0 Å². The minimum atomic E-state index is -4.42. The van der Waals surface area contributed by atoms with Gasteiger partial charge in [-0.2, -0.15) is 0 Å². The van der Waals surface area contributed by atoms with E-state index < -0.39 is 43.8 Å². The Kier molecular flexibility index (Phi) is 3.81. The highest BCUT2D eigenvalue weighted by Gasteiger charge is 2.49. The molecule has 20 heavy (non-hydrogen) atoms. The largest absolute Gasteiger partial charge is 0.246 e. The van der Waals surface area contributed by atoms with Gasteiger partial charge in [0, 0.05) is 23.6 Å². The lowest BCUT2D eigenvalue weighted by molar-refractivity contribution is 0.137. The third kappa shape index (κ3) is 2.54. The molecule has 2 rings (SSSR count). The first-order chi connectivity index (χ1) is 9.05. The Morgan fingerprint density at radius 3 is 2.15 bits per heavy atom. The van der Waals surface area contributed by atoms with E-state index in [0.29, 0.717) is 18.6 Å². The molecule has 1 aromatic carbocycles. The second-order valence-electron chi connectivity index (χ2n) is 5.40. The van der Waals surface area contributed by atoms with Crippen LogP contribution in [-0.4, -0.2) is 19.8 Å². The Morgan fingerprint density at radius 1 is 1.25 bits per heavy atom. The Labute approximate surface area is 120 Å². The lowest BCUT2D eigenvalue weighted by Crippen LogP contribution is -2.59. The topological polar surface area (TPSA) is 46.2 Å². The number of nitrogens with one attached hydrogen (secondary N) is 1. The molecular formula is C12H13ClF3NO2S. The summed E-state index contributed by atoms with van der Waals surface area (Å²) in [6.07, 6.45) is 0.359. The van der Waals surface area contributed by atoms with E-state index in [1.807, 2.05) is 0 Å². The smallest absolute Gasteiger partial charge is 0.207 e. The standard InChI is InChI=1S/C12H13ClF3NO2S/c1-12(2)9(13)5-10(12)17-20(18,19)11-7(15)3-6(14)4-8(11)16/h3-4,9-10,17H,5H2,1-2H3. The van der Waals surface area contributed by atoms with E-state index in [1.165, 1.54) is 0 Å². The number of hydrogen-bond donors (Lipinski definition) is 1. The van der Waals surface area contributed by atoms with Crippen molar-refractivity contribution in [2.24, 2.45) is 5.41 Å². The van der Waals surface area contributed by atoms with E-state index in [1.54, 1.807) is 13.8 Å². The van der Waals surface area contributed by atoms with Gasteiger partial charge in [-0.05, 0) is 11.8 Å². The molecule has 8 heteroatoms. The first kappa shape index (κ1) is 15.6. The molecule has 0 saturated heterocycles. The third-order valence-corrected chi connectivity index (χ3v) is 5.94. The van der Waals surface area contributed by atoms with Crippen molar-refractivity contribution >= 4 is 21.6 Å². The molecule has 1 fully saturated rings. The number of benzene rings is 1. The normalized spacial score (nSPS) is 25.3. The number of sulfonamides is 1. The van der Waals surface area contributed by atoms with E-state index >= 15 is 0 Å². The Hall–Kier alpha value is -0.790. The first-order valence-electron chi connectivity index (χ1n) is 5.86. The maximum atomic E-state index is 13.5. The second-order valence-corrected chi connectivity index (χ2v) is 7.57. The molecule has 0 amide bonds. The van der Waals surface area contributed by atoms with Crippen molar-refractivity contribution in [1.29, 1.82) is 0 Å². The lowest BCUT2D eigenvalue weighted by atomic mass is 9.67. The molecule has 2 atom stereocenters. The van der Waals surface area contributed by atoms with Gasteiger partial charge in [0.1, 0.15) is 17.5 Å². The van der Waals surface area contributed by atoms with E-state index in [0.717, 1.165) is 0 Å². The summed E-state index contributed by atoms with van der Waals surface area (Å²) in [6, 6.07) is 0.126. The molecule has 1 N–H and O–H groups in total. The highest BCUT2D eigenvalue weighted by atomic mass is 35.5. The maximum Gasteiger partial charge on any atom is 0.246 e. The van der Waals surface area contributed by atoms with Crippen LogP contribution >= 0.6 is 11.6 Å². The van der Waals surface area contributed by atoms with Crippen LogP contribution in [0.15, 0.2) is 17.0 Å². The molecule has 0 radical (unpaired) electrons. The summed E-state index contributed by atoms with van der Waals surface area (Å²) in [6.45, 7) is 3.50. The Bertz CT molecular complexity index is 625. The molecule has 1 aromatic rings. The van der Waals surface area contributed by atoms with Crippen molar-refractivity contribution in [2.75, 3.05) is 0 Å². The molecule has 0 aliphatic heterocycles. The summed E-state index contributed by atoms with van der Waals surface area (Å²) in [5.74, 6) is -4.10. The van der Waals surface area contributed by atoms with E-state index in [-0.39, 0.29) is 5.38 Å². The van der Waals surface area contributed by atoms with E-state index in [2.05, 4.69) is 4.72 Å². The van der Waals surface area contributed by atoms with E-state index in [9.17, 15) is 21.6 Å². The number of halogens is 4. The van der Waals surface area contributed by atoms with Gasteiger partial charge in [0.2, 0.25) is 10.0 Å². The molecule has 0 bridgehead atoms. The summed E-state index contributed by atoms with van der Waals surface area (Å²) in [4.78, 5) is -1.17.